The zero-order chi connectivity index (χ0) is 17.2. The standard InChI is InChI=1S/C17H24N6O/c1-3-18-17(20-12-15-9-10-22-23(15)2)21-13-16(24)19-11-14-7-5-4-6-8-14/h4-10H,3,11-13H2,1-2H3,(H,19,24)(H2,18,20,21). The number of nitrogens with zero attached hydrogens (tertiary/aromatic N) is 3. The van der Waals surface area contributed by atoms with Crippen molar-refractivity contribution in [2.75, 3.05) is 13.1 Å². The van der Waals surface area contributed by atoms with E-state index in [1.54, 1.807) is 10.9 Å². The summed E-state index contributed by atoms with van der Waals surface area (Å²) in [6.45, 7) is 3.89. The third kappa shape index (κ3) is 5.75. The number of rotatable bonds is 7. The molecule has 2 rings (SSSR count). The maximum Gasteiger partial charge on any atom is 0.239 e. The van der Waals surface area contributed by atoms with E-state index < -0.39 is 0 Å². The number of guanidine groups is 1. The van der Waals surface area contributed by atoms with E-state index in [2.05, 4.69) is 26.0 Å². The molecular formula is C17H24N6O. The van der Waals surface area contributed by atoms with Crippen LogP contribution in [0.4, 0.5) is 0 Å². The van der Waals surface area contributed by atoms with Crippen molar-refractivity contribution in [2.24, 2.45) is 12.0 Å². The highest BCUT2D eigenvalue weighted by atomic mass is 16.1. The number of aliphatic imine (C=N–C) groups is 1. The van der Waals surface area contributed by atoms with E-state index >= 15 is 0 Å². The van der Waals surface area contributed by atoms with Crippen molar-refractivity contribution >= 4 is 11.9 Å². The summed E-state index contributed by atoms with van der Waals surface area (Å²) in [5, 5.41) is 13.1. The van der Waals surface area contributed by atoms with Gasteiger partial charge in [0.2, 0.25) is 5.91 Å². The molecule has 0 radical (unpaired) electrons. The van der Waals surface area contributed by atoms with Gasteiger partial charge in [-0.1, -0.05) is 30.3 Å². The number of hydrogen-bond donors (Lipinski definition) is 3. The van der Waals surface area contributed by atoms with Crippen LogP contribution in [-0.2, 0) is 24.9 Å². The molecule has 0 atom stereocenters. The Morgan fingerprint density at radius 3 is 2.62 bits per heavy atom. The van der Waals surface area contributed by atoms with Crippen molar-refractivity contribution in [3.8, 4) is 0 Å². The first-order chi connectivity index (χ1) is 11.7. The molecular weight excluding hydrogens is 304 g/mol. The van der Waals surface area contributed by atoms with Gasteiger partial charge in [-0.2, -0.15) is 5.10 Å². The molecule has 0 spiro atoms. The molecule has 0 aliphatic rings. The molecule has 3 N–H and O–H groups in total. The summed E-state index contributed by atoms with van der Waals surface area (Å²) in [7, 11) is 1.88. The molecule has 0 aliphatic heterocycles. The minimum Gasteiger partial charge on any atom is -0.357 e. The van der Waals surface area contributed by atoms with Gasteiger partial charge < -0.3 is 16.0 Å². The van der Waals surface area contributed by atoms with Crippen LogP contribution in [0.1, 0.15) is 18.2 Å². The van der Waals surface area contributed by atoms with Gasteiger partial charge in [-0.3, -0.25) is 9.48 Å². The Kier molecular flexibility index (Phi) is 6.82. The second-order valence-electron chi connectivity index (χ2n) is 5.26. The summed E-state index contributed by atoms with van der Waals surface area (Å²) in [6.07, 6.45) is 1.74. The molecule has 1 aromatic heterocycles. The topological polar surface area (TPSA) is 83.3 Å². The van der Waals surface area contributed by atoms with Gasteiger partial charge in [0.25, 0.3) is 0 Å². The second kappa shape index (κ2) is 9.34. The van der Waals surface area contributed by atoms with Crippen LogP contribution in [0, 0.1) is 0 Å². The van der Waals surface area contributed by atoms with E-state index in [9.17, 15) is 4.79 Å². The SMILES string of the molecule is CCNC(=NCc1ccnn1C)NCC(=O)NCc1ccccc1. The predicted octanol–water partition coefficient (Wildman–Crippen LogP) is 0.792. The van der Waals surface area contributed by atoms with Crippen molar-refractivity contribution in [1.82, 2.24) is 25.7 Å². The Morgan fingerprint density at radius 1 is 1.17 bits per heavy atom. The van der Waals surface area contributed by atoms with E-state index in [1.165, 1.54) is 0 Å². The lowest BCUT2D eigenvalue weighted by Crippen LogP contribution is -2.43. The van der Waals surface area contributed by atoms with E-state index in [0.717, 1.165) is 17.8 Å². The third-order valence-corrected chi connectivity index (χ3v) is 3.41. The number of hydrogen-bond acceptors (Lipinski definition) is 3. The average molecular weight is 328 g/mol. The van der Waals surface area contributed by atoms with Gasteiger partial charge in [0.15, 0.2) is 5.96 Å². The van der Waals surface area contributed by atoms with Gasteiger partial charge in [0.1, 0.15) is 0 Å². The summed E-state index contributed by atoms with van der Waals surface area (Å²) < 4.78 is 1.78. The first kappa shape index (κ1) is 17.5. The fourth-order valence-corrected chi connectivity index (χ4v) is 2.08. The molecule has 0 bridgehead atoms. The lowest BCUT2D eigenvalue weighted by atomic mass is 10.2. The summed E-state index contributed by atoms with van der Waals surface area (Å²) in [5.74, 6) is 0.526. The summed E-state index contributed by atoms with van der Waals surface area (Å²) in [6, 6.07) is 11.7. The molecule has 0 saturated heterocycles. The quantitative estimate of drug-likeness (QED) is 0.518. The molecule has 0 unspecified atom stereocenters. The summed E-state index contributed by atoms with van der Waals surface area (Å²) in [5.41, 5.74) is 2.07. The monoisotopic (exact) mass is 328 g/mol. The Morgan fingerprint density at radius 2 is 1.96 bits per heavy atom. The maximum absolute atomic E-state index is 11.9. The molecule has 128 valence electrons. The fraction of sp³-hybridized carbons (Fsp3) is 0.353. The molecule has 1 aromatic carbocycles. The van der Waals surface area contributed by atoms with Crippen LogP contribution in [0.15, 0.2) is 47.6 Å². The van der Waals surface area contributed by atoms with Crippen LogP contribution < -0.4 is 16.0 Å². The minimum absolute atomic E-state index is 0.0787. The van der Waals surface area contributed by atoms with Crippen LogP contribution in [-0.4, -0.2) is 34.7 Å². The van der Waals surface area contributed by atoms with Crippen LogP contribution in [0.2, 0.25) is 0 Å². The predicted molar refractivity (Wildman–Crippen MR) is 94.3 cm³/mol. The van der Waals surface area contributed by atoms with E-state index in [-0.39, 0.29) is 12.5 Å². The third-order valence-electron chi connectivity index (χ3n) is 3.41. The number of aromatic nitrogens is 2. The summed E-state index contributed by atoms with van der Waals surface area (Å²) >= 11 is 0. The van der Waals surface area contributed by atoms with Crippen molar-refractivity contribution in [2.45, 2.75) is 20.0 Å². The number of nitrogens with one attached hydrogen (secondary N) is 3. The number of carbonyl (C=O) groups excluding carboxylic acids is 1. The zero-order valence-electron chi connectivity index (χ0n) is 14.1. The van der Waals surface area contributed by atoms with E-state index in [1.807, 2.05) is 50.4 Å². The number of amides is 1. The zero-order valence-corrected chi connectivity index (χ0v) is 14.1. The maximum atomic E-state index is 11.9. The molecule has 7 nitrogen and oxygen atoms in total. The summed E-state index contributed by atoms with van der Waals surface area (Å²) in [4.78, 5) is 16.4. The molecule has 1 amide bonds. The molecule has 2 aromatic rings. The van der Waals surface area contributed by atoms with Crippen molar-refractivity contribution in [3.63, 3.8) is 0 Å². The largest absolute Gasteiger partial charge is 0.357 e. The van der Waals surface area contributed by atoms with Gasteiger partial charge in [-0.15, -0.1) is 0 Å². The highest BCUT2D eigenvalue weighted by Crippen LogP contribution is 1.98. The Labute approximate surface area is 142 Å². The van der Waals surface area contributed by atoms with Crippen molar-refractivity contribution in [1.29, 1.82) is 0 Å². The second-order valence-corrected chi connectivity index (χ2v) is 5.26. The first-order valence-corrected chi connectivity index (χ1v) is 7.98. The first-order valence-electron chi connectivity index (χ1n) is 7.98. The van der Waals surface area contributed by atoms with E-state index in [0.29, 0.717) is 19.0 Å². The molecule has 7 heteroatoms. The Balaban J connectivity index is 1.79. The molecule has 0 saturated carbocycles. The highest BCUT2D eigenvalue weighted by molar-refractivity contribution is 5.86. The minimum atomic E-state index is -0.0787. The lowest BCUT2D eigenvalue weighted by Gasteiger charge is -2.11. The van der Waals surface area contributed by atoms with Gasteiger partial charge in [0, 0.05) is 26.3 Å². The van der Waals surface area contributed by atoms with Gasteiger partial charge in [-0.25, -0.2) is 4.99 Å². The highest BCUT2D eigenvalue weighted by Gasteiger charge is 2.04. The van der Waals surface area contributed by atoms with Crippen LogP contribution >= 0.6 is 0 Å². The number of carbonyl (C=O) groups is 1. The Bertz CT molecular complexity index is 665. The lowest BCUT2D eigenvalue weighted by molar-refractivity contribution is -0.120. The van der Waals surface area contributed by atoms with Gasteiger partial charge in [-0.05, 0) is 18.6 Å². The smallest absolute Gasteiger partial charge is 0.239 e. The Hall–Kier alpha value is -2.83. The molecule has 0 fully saturated rings. The molecule has 0 aliphatic carbocycles. The van der Waals surface area contributed by atoms with Gasteiger partial charge >= 0.3 is 0 Å². The molecule has 24 heavy (non-hydrogen) atoms. The van der Waals surface area contributed by atoms with Crippen LogP contribution in [0.25, 0.3) is 0 Å². The number of benzene rings is 1. The normalized spacial score (nSPS) is 11.2. The number of aryl methyl sites for hydroxylation is 1. The van der Waals surface area contributed by atoms with Crippen LogP contribution in [0.5, 0.6) is 0 Å². The van der Waals surface area contributed by atoms with Crippen LogP contribution in [0.3, 0.4) is 0 Å². The van der Waals surface area contributed by atoms with E-state index in [4.69, 9.17) is 0 Å². The van der Waals surface area contributed by atoms with Crippen molar-refractivity contribution < 1.29 is 4.79 Å². The average Bonchev–Trinajstić information content (AvgIpc) is 3.01. The fourth-order valence-electron chi connectivity index (χ4n) is 2.08. The van der Waals surface area contributed by atoms with Gasteiger partial charge in [0.05, 0.1) is 18.8 Å². The van der Waals surface area contributed by atoms with Crippen molar-refractivity contribution in [3.05, 3.63) is 53.9 Å². The molecule has 1 heterocycles.